The fourth-order valence-electron chi connectivity index (χ4n) is 3.56. The van der Waals surface area contributed by atoms with Crippen LogP contribution in [-0.2, 0) is 11.3 Å². The largest absolute Gasteiger partial charge is 0.342 e. The van der Waals surface area contributed by atoms with Crippen LogP contribution in [0.3, 0.4) is 0 Å². The minimum Gasteiger partial charge on any atom is -0.342 e. The third kappa shape index (κ3) is 4.34. The monoisotopic (exact) mass is 445 g/mol. The van der Waals surface area contributed by atoms with E-state index in [2.05, 4.69) is 6.58 Å². The summed E-state index contributed by atoms with van der Waals surface area (Å²) in [6.45, 7) is 5.83. The van der Waals surface area contributed by atoms with E-state index in [1.807, 2.05) is 27.8 Å². The summed E-state index contributed by atoms with van der Waals surface area (Å²) in [5.41, 5.74) is 0.872. The Morgan fingerprint density at radius 3 is 2.72 bits per heavy atom. The Labute approximate surface area is 182 Å². The van der Waals surface area contributed by atoms with Crippen molar-refractivity contribution in [1.29, 1.82) is 0 Å². The van der Waals surface area contributed by atoms with Gasteiger partial charge in [0.15, 0.2) is 5.16 Å². The van der Waals surface area contributed by atoms with Crippen LogP contribution < -0.4 is 5.56 Å². The number of carbonyl (C=O) groups excluding carboxylic acids is 1. The lowest BCUT2D eigenvalue weighted by Gasteiger charge is -2.20. The smallest absolute Gasteiger partial charge is 0.263 e. The molecule has 0 radical (unpaired) electrons. The molecule has 0 bridgehead atoms. The van der Waals surface area contributed by atoms with Gasteiger partial charge in [-0.15, -0.1) is 29.3 Å². The first-order chi connectivity index (χ1) is 14.2. The normalized spacial score (nSPS) is 14.8. The van der Waals surface area contributed by atoms with E-state index in [0.29, 0.717) is 22.8 Å². The Balaban J connectivity index is 1.63. The summed E-state index contributed by atoms with van der Waals surface area (Å²) in [6, 6.07) is 4.00. The second kappa shape index (κ2) is 9.28. The van der Waals surface area contributed by atoms with Crippen molar-refractivity contribution in [2.24, 2.45) is 0 Å². The van der Waals surface area contributed by atoms with Crippen LogP contribution >= 0.6 is 34.4 Å². The molecule has 0 saturated carbocycles. The summed E-state index contributed by atoms with van der Waals surface area (Å²) in [4.78, 5) is 34.5. The van der Waals surface area contributed by atoms with E-state index >= 15 is 0 Å². The van der Waals surface area contributed by atoms with Gasteiger partial charge < -0.3 is 4.90 Å². The number of hydrogen-bond acceptors (Lipinski definition) is 6. The second-order valence-electron chi connectivity index (χ2n) is 6.99. The van der Waals surface area contributed by atoms with Crippen LogP contribution in [0.15, 0.2) is 45.5 Å². The van der Waals surface area contributed by atoms with Crippen LogP contribution in [0.2, 0.25) is 0 Å². The maximum Gasteiger partial charge on any atom is 0.263 e. The lowest BCUT2D eigenvalue weighted by molar-refractivity contribution is -0.128. The standard InChI is InChI=1S/C21H23N3O2S3/c1-2-9-24-20(26)18-15(16-8-7-12-27-16)13-28-19(18)22-21(24)29-14-17(25)23-10-5-3-4-6-11-23/h2,7-8,12-13H,1,3-6,9-11,14H2. The van der Waals surface area contributed by atoms with Gasteiger partial charge in [-0.05, 0) is 24.3 Å². The molecule has 0 N–H and O–H groups in total. The van der Waals surface area contributed by atoms with Gasteiger partial charge in [-0.2, -0.15) is 0 Å². The molecular weight excluding hydrogens is 422 g/mol. The van der Waals surface area contributed by atoms with E-state index in [9.17, 15) is 9.59 Å². The first-order valence-electron chi connectivity index (χ1n) is 9.76. The first kappa shape index (κ1) is 20.4. The average Bonchev–Trinajstić information content (AvgIpc) is 3.31. The summed E-state index contributed by atoms with van der Waals surface area (Å²) < 4.78 is 1.64. The number of thiophene rings is 2. The van der Waals surface area contributed by atoms with Crippen LogP contribution in [0.25, 0.3) is 20.7 Å². The van der Waals surface area contributed by atoms with Gasteiger partial charge in [0.2, 0.25) is 5.91 Å². The molecule has 1 saturated heterocycles. The minimum atomic E-state index is -0.0655. The number of rotatable bonds is 6. The average molecular weight is 446 g/mol. The van der Waals surface area contributed by atoms with E-state index < -0.39 is 0 Å². The maximum absolute atomic E-state index is 13.3. The zero-order valence-electron chi connectivity index (χ0n) is 16.1. The van der Waals surface area contributed by atoms with Gasteiger partial charge in [0.05, 0.1) is 11.1 Å². The van der Waals surface area contributed by atoms with Crippen molar-refractivity contribution in [2.45, 2.75) is 37.4 Å². The van der Waals surface area contributed by atoms with Crippen molar-refractivity contribution in [1.82, 2.24) is 14.5 Å². The maximum atomic E-state index is 13.3. The molecule has 0 aromatic carbocycles. The van der Waals surface area contributed by atoms with Gasteiger partial charge in [-0.1, -0.05) is 36.7 Å². The Hall–Kier alpha value is -1.90. The van der Waals surface area contributed by atoms with E-state index in [1.54, 1.807) is 22.0 Å². The van der Waals surface area contributed by atoms with Gasteiger partial charge in [0, 0.05) is 35.5 Å². The topological polar surface area (TPSA) is 55.2 Å². The summed E-state index contributed by atoms with van der Waals surface area (Å²) >= 11 is 4.45. The van der Waals surface area contributed by atoms with Crippen LogP contribution in [-0.4, -0.2) is 39.2 Å². The van der Waals surface area contributed by atoms with Gasteiger partial charge in [0.25, 0.3) is 5.56 Å². The number of carbonyl (C=O) groups is 1. The lowest BCUT2D eigenvalue weighted by Crippen LogP contribution is -2.33. The van der Waals surface area contributed by atoms with Gasteiger partial charge >= 0.3 is 0 Å². The predicted octanol–water partition coefficient (Wildman–Crippen LogP) is 4.87. The third-order valence-electron chi connectivity index (χ3n) is 5.04. The molecule has 3 aromatic rings. The lowest BCUT2D eigenvalue weighted by atomic mass is 10.2. The second-order valence-corrected chi connectivity index (χ2v) is 9.74. The molecule has 4 heterocycles. The van der Waals surface area contributed by atoms with E-state index in [4.69, 9.17) is 4.98 Å². The molecule has 0 atom stereocenters. The van der Waals surface area contributed by atoms with Crippen molar-refractivity contribution < 1.29 is 4.79 Å². The molecule has 1 aliphatic rings. The molecule has 3 aromatic heterocycles. The van der Waals surface area contributed by atoms with Crippen molar-refractivity contribution in [3.05, 3.63) is 45.9 Å². The Bertz CT molecular complexity index is 1060. The predicted molar refractivity (Wildman–Crippen MR) is 123 cm³/mol. The van der Waals surface area contributed by atoms with Crippen molar-refractivity contribution >= 4 is 50.6 Å². The van der Waals surface area contributed by atoms with Gasteiger partial charge in [-0.25, -0.2) is 4.98 Å². The van der Waals surface area contributed by atoms with Gasteiger partial charge in [-0.3, -0.25) is 14.2 Å². The fourth-order valence-corrected chi connectivity index (χ4v) is 6.27. The highest BCUT2D eigenvalue weighted by molar-refractivity contribution is 7.99. The first-order valence-corrected chi connectivity index (χ1v) is 12.5. The van der Waals surface area contributed by atoms with Crippen LogP contribution in [0, 0.1) is 0 Å². The highest BCUT2D eigenvalue weighted by Gasteiger charge is 2.20. The van der Waals surface area contributed by atoms with Crippen molar-refractivity contribution in [3.63, 3.8) is 0 Å². The van der Waals surface area contributed by atoms with E-state index in [-0.39, 0.29) is 11.5 Å². The highest BCUT2D eigenvalue weighted by atomic mass is 32.2. The molecule has 29 heavy (non-hydrogen) atoms. The molecule has 1 amide bonds. The summed E-state index contributed by atoms with van der Waals surface area (Å²) in [7, 11) is 0. The van der Waals surface area contributed by atoms with Gasteiger partial charge in [0.1, 0.15) is 4.83 Å². The molecule has 1 fully saturated rings. The summed E-state index contributed by atoms with van der Waals surface area (Å²) in [5.74, 6) is 0.431. The molecule has 0 aliphatic carbocycles. The van der Waals surface area contributed by atoms with Crippen molar-refractivity contribution in [3.8, 4) is 10.4 Å². The third-order valence-corrected chi connectivity index (χ3v) is 7.78. The summed E-state index contributed by atoms with van der Waals surface area (Å²) in [6.07, 6.45) is 6.23. The highest BCUT2D eigenvalue weighted by Crippen LogP contribution is 2.34. The molecular formula is C21H23N3O2S3. The van der Waals surface area contributed by atoms with Crippen LogP contribution in [0.5, 0.6) is 0 Å². The quantitative estimate of drug-likeness (QED) is 0.309. The van der Waals surface area contributed by atoms with E-state index in [1.165, 1.54) is 35.9 Å². The fraction of sp³-hybridized carbons (Fsp3) is 0.381. The Morgan fingerprint density at radius 1 is 1.24 bits per heavy atom. The summed E-state index contributed by atoms with van der Waals surface area (Å²) in [5, 5.41) is 5.25. The van der Waals surface area contributed by atoms with Crippen LogP contribution in [0.4, 0.5) is 0 Å². The number of hydrogen-bond donors (Lipinski definition) is 0. The molecule has 0 unspecified atom stereocenters. The number of fused-ring (bicyclic) bond motifs is 1. The minimum absolute atomic E-state index is 0.0655. The number of thioether (sulfide) groups is 1. The zero-order chi connectivity index (χ0) is 20.2. The Kier molecular flexibility index (Phi) is 6.52. The van der Waals surface area contributed by atoms with E-state index in [0.717, 1.165) is 41.2 Å². The number of amides is 1. The molecule has 1 aliphatic heterocycles. The number of aromatic nitrogens is 2. The van der Waals surface area contributed by atoms with Crippen LogP contribution in [0.1, 0.15) is 25.7 Å². The molecule has 152 valence electrons. The number of likely N-dealkylation sites (tertiary alicyclic amines) is 1. The molecule has 0 spiro atoms. The molecule has 8 heteroatoms. The Morgan fingerprint density at radius 2 is 2.03 bits per heavy atom. The van der Waals surface area contributed by atoms with Crippen molar-refractivity contribution in [2.75, 3.05) is 18.8 Å². The number of nitrogens with zero attached hydrogens (tertiary/aromatic N) is 3. The zero-order valence-corrected chi connectivity index (χ0v) is 18.6. The molecule has 5 nitrogen and oxygen atoms in total. The number of allylic oxidation sites excluding steroid dienone is 1. The SMILES string of the molecule is C=CCn1c(SCC(=O)N2CCCCCC2)nc2scc(-c3cccs3)c2c1=O. The molecule has 4 rings (SSSR count).